The van der Waals surface area contributed by atoms with Crippen molar-refractivity contribution in [3.05, 3.63) is 99.8 Å². The molecule has 3 aromatic carbocycles. The lowest BCUT2D eigenvalue weighted by Gasteiger charge is -2.09. The van der Waals surface area contributed by atoms with Crippen LogP contribution in [0.3, 0.4) is 0 Å². The van der Waals surface area contributed by atoms with Crippen LogP contribution in [-0.2, 0) is 6.61 Å². The van der Waals surface area contributed by atoms with Crippen LogP contribution in [-0.4, -0.2) is 21.1 Å². The molecule has 1 heterocycles. The molecule has 1 N–H and O–H groups in total. The van der Waals surface area contributed by atoms with E-state index in [0.717, 1.165) is 22.4 Å². The van der Waals surface area contributed by atoms with Crippen LogP contribution >= 0.6 is 23.8 Å². The minimum atomic E-state index is 0.416. The first-order chi connectivity index (χ1) is 14.2. The summed E-state index contributed by atoms with van der Waals surface area (Å²) >= 11 is 11.3. The van der Waals surface area contributed by atoms with Gasteiger partial charge in [-0.05, 0) is 42.0 Å². The van der Waals surface area contributed by atoms with Gasteiger partial charge >= 0.3 is 0 Å². The van der Waals surface area contributed by atoms with Gasteiger partial charge in [-0.15, -0.1) is 0 Å². The molecule has 7 heteroatoms. The maximum Gasteiger partial charge on any atom is 0.216 e. The Labute approximate surface area is 178 Å². The fourth-order valence-corrected chi connectivity index (χ4v) is 3.06. The van der Waals surface area contributed by atoms with E-state index in [4.69, 9.17) is 28.6 Å². The maximum absolute atomic E-state index is 5.99. The molecule has 29 heavy (non-hydrogen) atoms. The molecule has 0 unspecified atom stereocenters. The number of rotatable bonds is 6. The lowest BCUT2D eigenvalue weighted by molar-refractivity contribution is 0.306. The number of aromatic nitrogens is 3. The summed E-state index contributed by atoms with van der Waals surface area (Å²) in [7, 11) is 0. The van der Waals surface area contributed by atoms with Crippen molar-refractivity contribution in [1.82, 2.24) is 14.9 Å². The summed E-state index contributed by atoms with van der Waals surface area (Å²) in [6.45, 7) is 0.433. The molecule has 0 atom stereocenters. The van der Waals surface area contributed by atoms with Gasteiger partial charge in [-0.2, -0.15) is 14.9 Å². The van der Waals surface area contributed by atoms with Gasteiger partial charge in [0.15, 0.2) is 5.82 Å². The monoisotopic (exact) mass is 420 g/mol. The number of halogens is 1. The molecular weight excluding hydrogens is 404 g/mol. The third-order valence-corrected chi connectivity index (χ3v) is 4.74. The van der Waals surface area contributed by atoms with Crippen molar-refractivity contribution < 1.29 is 4.74 Å². The van der Waals surface area contributed by atoms with Crippen molar-refractivity contribution >= 4 is 30.0 Å². The van der Waals surface area contributed by atoms with Gasteiger partial charge < -0.3 is 4.74 Å². The summed E-state index contributed by atoms with van der Waals surface area (Å²) < 4.78 is 8.00. The van der Waals surface area contributed by atoms with Gasteiger partial charge in [-0.3, -0.25) is 0 Å². The van der Waals surface area contributed by atoms with Crippen molar-refractivity contribution in [3.63, 3.8) is 0 Å². The molecule has 0 saturated heterocycles. The molecule has 0 aliphatic rings. The number of ether oxygens (including phenoxy) is 1. The Hall–Kier alpha value is -3.22. The normalized spacial score (nSPS) is 11.1. The fraction of sp³-hybridized carbons (Fsp3) is 0.0455. The van der Waals surface area contributed by atoms with Crippen LogP contribution in [0, 0.1) is 4.77 Å². The van der Waals surface area contributed by atoms with Crippen LogP contribution in [0.25, 0.3) is 11.4 Å². The van der Waals surface area contributed by atoms with Crippen molar-refractivity contribution in [1.29, 1.82) is 0 Å². The van der Waals surface area contributed by atoms with Crippen LogP contribution in [0.4, 0.5) is 0 Å². The van der Waals surface area contributed by atoms with Crippen LogP contribution in [0.1, 0.15) is 11.1 Å². The highest BCUT2D eigenvalue weighted by Gasteiger charge is 2.08. The quantitative estimate of drug-likeness (QED) is 0.320. The first-order valence-electron chi connectivity index (χ1n) is 8.94. The van der Waals surface area contributed by atoms with Crippen LogP contribution in [0.5, 0.6) is 5.75 Å². The van der Waals surface area contributed by atoms with E-state index >= 15 is 0 Å². The highest BCUT2D eigenvalue weighted by Crippen LogP contribution is 2.20. The number of H-pyrrole nitrogens is 1. The van der Waals surface area contributed by atoms with Gasteiger partial charge in [0.2, 0.25) is 4.77 Å². The van der Waals surface area contributed by atoms with E-state index < -0.39 is 0 Å². The van der Waals surface area contributed by atoms with E-state index in [1.54, 1.807) is 10.9 Å². The third-order valence-electron chi connectivity index (χ3n) is 4.22. The molecule has 0 aliphatic heterocycles. The van der Waals surface area contributed by atoms with E-state index in [9.17, 15) is 0 Å². The number of benzene rings is 3. The molecule has 0 amide bonds. The lowest BCUT2D eigenvalue weighted by Crippen LogP contribution is -1.99. The molecule has 0 radical (unpaired) electrons. The fourth-order valence-electron chi connectivity index (χ4n) is 2.75. The summed E-state index contributed by atoms with van der Waals surface area (Å²) in [6, 6.07) is 25.0. The first-order valence-corrected chi connectivity index (χ1v) is 9.73. The van der Waals surface area contributed by atoms with Crippen molar-refractivity contribution in [2.75, 3.05) is 0 Å². The Balaban J connectivity index is 1.58. The van der Waals surface area contributed by atoms with Gasteiger partial charge in [-0.1, -0.05) is 66.2 Å². The highest BCUT2D eigenvalue weighted by atomic mass is 35.5. The van der Waals surface area contributed by atoms with Gasteiger partial charge in [-0.25, -0.2) is 5.10 Å². The molecule has 0 fully saturated rings. The topological polar surface area (TPSA) is 55.2 Å². The van der Waals surface area contributed by atoms with Gasteiger partial charge in [0.1, 0.15) is 12.4 Å². The second-order valence-corrected chi connectivity index (χ2v) is 7.05. The van der Waals surface area contributed by atoms with Gasteiger partial charge in [0, 0.05) is 16.1 Å². The van der Waals surface area contributed by atoms with Gasteiger partial charge in [0.05, 0.1) is 6.21 Å². The first kappa shape index (κ1) is 19.1. The minimum absolute atomic E-state index is 0.416. The standard InChI is InChI=1S/C22H17ClN4OS/c23-19-12-10-16(11-13-19)15-28-20-9-5-4-8-18(20)14-24-27-21(25-26-22(27)29)17-6-2-1-3-7-17/h1-14H,15H2,(H,26,29)/b24-14-. The summed E-state index contributed by atoms with van der Waals surface area (Å²) in [4.78, 5) is 0. The predicted octanol–water partition coefficient (Wildman–Crippen LogP) is 5.72. The van der Waals surface area contributed by atoms with Crippen molar-refractivity contribution in [3.8, 4) is 17.1 Å². The largest absolute Gasteiger partial charge is 0.488 e. The zero-order valence-corrected chi connectivity index (χ0v) is 16.9. The maximum atomic E-state index is 5.99. The minimum Gasteiger partial charge on any atom is -0.488 e. The number of hydrogen-bond acceptors (Lipinski definition) is 4. The number of nitrogens with one attached hydrogen (secondary N) is 1. The second kappa shape index (κ2) is 8.86. The second-order valence-electron chi connectivity index (χ2n) is 6.23. The van der Waals surface area contributed by atoms with Crippen molar-refractivity contribution in [2.45, 2.75) is 6.61 Å². The zero-order valence-electron chi connectivity index (χ0n) is 15.3. The molecule has 4 rings (SSSR count). The Bertz CT molecular complexity index is 1180. The summed E-state index contributed by atoms with van der Waals surface area (Å²) in [6.07, 6.45) is 1.72. The van der Waals surface area contributed by atoms with Crippen LogP contribution in [0.15, 0.2) is 84.0 Å². The van der Waals surface area contributed by atoms with E-state index in [2.05, 4.69) is 15.3 Å². The molecule has 4 aromatic rings. The van der Waals surface area contributed by atoms with Crippen LogP contribution in [0.2, 0.25) is 5.02 Å². The SMILES string of the molecule is S=c1[nH]nc(-c2ccccc2)n1/N=C\c1ccccc1OCc1ccc(Cl)cc1. The molecule has 5 nitrogen and oxygen atoms in total. The summed E-state index contributed by atoms with van der Waals surface area (Å²) in [5.74, 6) is 1.37. The molecule has 0 aliphatic carbocycles. The summed E-state index contributed by atoms with van der Waals surface area (Å²) in [5.41, 5.74) is 2.79. The molecule has 1 aromatic heterocycles. The molecular formula is C22H17ClN4OS. The van der Waals surface area contributed by atoms with E-state index in [-0.39, 0.29) is 0 Å². The van der Waals surface area contributed by atoms with E-state index in [1.165, 1.54) is 0 Å². The van der Waals surface area contributed by atoms with Gasteiger partial charge in [0.25, 0.3) is 0 Å². The Morgan fingerprint density at radius 1 is 1.00 bits per heavy atom. The lowest BCUT2D eigenvalue weighted by atomic mass is 10.2. The van der Waals surface area contributed by atoms with E-state index in [1.807, 2.05) is 78.9 Å². The van der Waals surface area contributed by atoms with Crippen LogP contribution < -0.4 is 4.74 Å². The molecule has 0 spiro atoms. The molecule has 0 bridgehead atoms. The summed E-state index contributed by atoms with van der Waals surface area (Å²) in [5, 5.41) is 12.3. The third kappa shape index (κ3) is 4.62. The average Bonchev–Trinajstić information content (AvgIpc) is 3.13. The van der Waals surface area contributed by atoms with E-state index in [0.29, 0.717) is 22.2 Å². The average molecular weight is 421 g/mol. The molecule has 0 saturated carbocycles. The number of nitrogens with zero attached hydrogens (tertiary/aromatic N) is 3. The zero-order chi connectivity index (χ0) is 20.1. The highest BCUT2D eigenvalue weighted by molar-refractivity contribution is 7.71. The smallest absolute Gasteiger partial charge is 0.216 e. The Kier molecular flexibility index (Phi) is 5.84. The van der Waals surface area contributed by atoms with Crippen molar-refractivity contribution in [2.24, 2.45) is 5.10 Å². The predicted molar refractivity (Wildman–Crippen MR) is 118 cm³/mol. The Morgan fingerprint density at radius 3 is 2.52 bits per heavy atom. The number of aromatic amines is 1. The number of para-hydroxylation sites is 1. The molecule has 144 valence electrons. The Morgan fingerprint density at radius 2 is 1.72 bits per heavy atom. The number of hydrogen-bond donors (Lipinski definition) is 1.